The van der Waals surface area contributed by atoms with Gasteiger partial charge in [-0.05, 0) is 62.2 Å². The van der Waals surface area contributed by atoms with Crippen LogP contribution < -0.4 is 5.32 Å². The molecule has 0 saturated carbocycles. The van der Waals surface area contributed by atoms with Crippen molar-refractivity contribution in [2.45, 2.75) is 0 Å². The topological polar surface area (TPSA) is 42.0 Å². The number of carbonyl (C=O) groups is 1. The molecule has 1 amide bonds. The molecule has 0 saturated heterocycles. The number of aromatic nitrogens is 1. The van der Waals surface area contributed by atoms with Crippen LogP contribution in [0, 0.1) is 5.82 Å². The Hall–Kier alpha value is -1.27. The molecule has 18 heavy (non-hydrogen) atoms. The van der Waals surface area contributed by atoms with Crippen molar-refractivity contribution in [1.82, 2.24) is 4.98 Å². The number of rotatable bonds is 2. The Balaban J connectivity index is 2.19. The third-order valence-corrected chi connectivity index (χ3v) is 3.29. The lowest BCUT2D eigenvalue weighted by Crippen LogP contribution is -2.12. The van der Waals surface area contributed by atoms with Gasteiger partial charge in [-0.1, -0.05) is 0 Å². The van der Waals surface area contributed by atoms with E-state index in [9.17, 15) is 9.18 Å². The molecule has 92 valence electrons. The van der Waals surface area contributed by atoms with Crippen LogP contribution in [0.5, 0.6) is 0 Å². The van der Waals surface area contributed by atoms with Gasteiger partial charge in [0.05, 0.1) is 17.4 Å². The fourth-order valence-corrected chi connectivity index (χ4v) is 2.09. The monoisotopic (exact) mass is 372 g/mol. The molecule has 6 heteroatoms. The molecule has 0 bridgehead atoms. The van der Waals surface area contributed by atoms with E-state index in [0.29, 0.717) is 20.3 Å². The van der Waals surface area contributed by atoms with Crippen LogP contribution in [0.2, 0.25) is 0 Å². The van der Waals surface area contributed by atoms with Crippen molar-refractivity contribution in [3.63, 3.8) is 0 Å². The summed E-state index contributed by atoms with van der Waals surface area (Å²) in [5.74, 6) is -0.727. The number of amides is 1. The molecule has 0 aliphatic rings. The standard InChI is InChI=1S/C12H7Br2FN2O/c13-10-5-7(15)1-3-9(10)12(18)17-8-2-4-11(14)16-6-8/h1-6H,(H,17,18). The zero-order valence-electron chi connectivity index (χ0n) is 8.95. The van der Waals surface area contributed by atoms with Gasteiger partial charge >= 0.3 is 0 Å². The molecule has 0 unspecified atom stereocenters. The third kappa shape index (κ3) is 3.14. The predicted octanol–water partition coefficient (Wildman–Crippen LogP) is 4.00. The van der Waals surface area contributed by atoms with Crippen LogP contribution >= 0.6 is 31.9 Å². The van der Waals surface area contributed by atoms with Gasteiger partial charge in [0.15, 0.2) is 0 Å². The number of hydrogen-bond acceptors (Lipinski definition) is 2. The van der Waals surface area contributed by atoms with E-state index in [2.05, 4.69) is 42.2 Å². The minimum absolute atomic E-state index is 0.328. The number of anilines is 1. The Morgan fingerprint density at radius 1 is 1.22 bits per heavy atom. The van der Waals surface area contributed by atoms with E-state index in [1.165, 1.54) is 24.4 Å². The zero-order valence-corrected chi connectivity index (χ0v) is 12.1. The van der Waals surface area contributed by atoms with E-state index in [4.69, 9.17) is 0 Å². The van der Waals surface area contributed by atoms with Crippen molar-refractivity contribution in [3.8, 4) is 0 Å². The molecule has 1 aromatic carbocycles. The minimum Gasteiger partial charge on any atom is -0.321 e. The number of carbonyl (C=O) groups excluding carboxylic acids is 1. The van der Waals surface area contributed by atoms with Crippen molar-refractivity contribution in [1.29, 1.82) is 0 Å². The number of hydrogen-bond donors (Lipinski definition) is 1. The molecule has 0 aliphatic carbocycles. The van der Waals surface area contributed by atoms with Gasteiger partial charge in [-0.2, -0.15) is 0 Å². The van der Waals surface area contributed by atoms with E-state index in [0.717, 1.165) is 0 Å². The first kappa shape index (κ1) is 13.2. The summed E-state index contributed by atoms with van der Waals surface area (Å²) in [4.78, 5) is 15.9. The molecule has 0 aliphatic heterocycles. The first-order chi connectivity index (χ1) is 8.56. The van der Waals surface area contributed by atoms with Gasteiger partial charge in [0.1, 0.15) is 10.4 Å². The van der Waals surface area contributed by atoms with Crippen LogP contribution in [0.15, 0.2) is 45.6 Å². The fourth-order valence-electron chi connectivity index (χ4n) is 1.32. The summed E-state index contributed by atoms with van der Waals surface area (Å²) >= 11 is 6.35. The highest BCUT2D eigenvalue weighted by Crippen LogP contribution is 2.19. The number of halogens is 3. The van der Waals surface area contributed by atoms with Crippen LogP contribution in [0.3, 0.4) is 0 Å². The number of nitrogens with one attached hydrogen (secondary N) is 1. The number of nitrogens with zero attached hydrogens (tertiary/aromatic N) is 1. The highest BCUT2D eigenvalue weighted by molar-refractivity contribution is 9.10. The Morgan fingerprint density at radius 2 is 2.00 bits per heavy atom. The van der Waals surface area contributed by atoms with Gasteiger partial charge in [-0.3, -0.25) is 4.79 Å². The second-order valence-electron chi connectivity index (χ2n) is 3.45. The highest BCUT2D eigenvalue weighted by atomic mass is 79.9. The minimum atomic E-state index is -0.399. The summed E-state index contributed by atoms with van der Waals surface area (Å²) in [6.07, 6.45) is 1.53. The van der Waals surface area contributed by atoms with E-state index in [1.807, 2.05) is 0 Å². The maximum absolute atomic E-state index is 12.9. The van der Waals surface area contributed by atoms with Gasteiger partial charge in [0.25, 0.3) is 5.91 Å². The largest absolute Gasteiger partial charge is 0.321 e. The van der Waals surface area contributed by atoms with Gasteiger partial charge in [-0.15, -0.1) is 0 Å². The number of pyridine rings is 1. The lowest BCUT2D eigenvalue weighted by molar-refractivity contribution is 0.102. The Labute approximate surface area is 120 Å². The lowest BCUT2D eigenvalue weighted by Gasteiger charge is -2.06. The Kier molecular flexibility index (Phi) is 4.08. The maximum atomic E-state index is 12.9. The SMILES string of the molecule is O=C(Nc1ccc(Br)nc1)c1ccc(F)cc1Br. The van der Waals surface area contributed by atoms with Crippen LogP contribution in [-0.4, -0.2) is 10.9 Å². The highest BCUT2D eigenvalue weighted by Gasteiger charge is 2.11. The molecule has 1 heterocycles. The average molecular weight is 374 g/mol. The predicted molar refractivity (Wildman–Crippen MR) is 74.0 cm³/mol. The normalized spacial score (nSPS) is 10.2. The van der Waals surface area contributed by atoms with Crippen molar-refractivity contribution >= 4 is 43.5 Å². The lowest BCUT2D eigenvalue weighted by atomic mass is 10.2. The third-order valence-electron chi connectivity index (χ3n) is 2.16. The van der Waals surface area contributed by atoms with Crippen molar-refractivity contribution in [2.75, 3.05) is 5.32 Å². The summed E-state index contributed by atoms with van der Waals surface area (Å²) < 4.78 is 14.0. The molecule has 0 radical (unpaired) electrons. The second kappa shape index (κ2) is 5.58. The smallest absolute Gasteiger partial charge is 0.256 e. The maximum Gasteiger partial charge on any atom is 0.256 e. The first-order valence-corrected chi connectivity index (χ1v) is 6.53. The number of benzene rings is 1. The van der Waals surface area contributed by atoms with Gasteiger partial charge in [-0.25, -0.2) is 9.37 Å². The van der Waals surface area contributed by atoms with Gasteiger partial charge in [0, 0.05) is 4.47 Å². The molecule has 2 aromatic rings. The van der Waals surface area contributed by atoms with Gasteiger partial charge < -0.3 is 5.32 Å². The molecular weight excluding hydrogens is 367 g/mol. The summed E-state index contributed by atoms with van der Waals surface area (Å²) in [6.45, 7) is 0. The average Bonchev–Trinajstić information content (AvgIpc) is 2.32. The quantitative estimate of drug-likeness (QED) is 0.808. The first-order valence-electron chi connectivity index (χ1n) is 4.94. The summed E-state index contributed by atoms with van der Waals surface area (Å²) in [5.41, 5.74) is 0.929. The molecule has 2 rings (SSSR count). The Morgan fingerprint density at radius 3 is 2.61 bits per heavy atom. The van der Waals surface area contributed by atoms with Crippen molar-refractivity contribution in [2.24, 2.45) is 0 Å². The molecule has 1 N–H and O–H groups in total. The molecule has 0 atom stereocenters. The summed E-state index contributed by atoms with van der Waals surface area (Å²) in [7, 11) is 0. The van der Waals surface area contributed by atoms with Crippen LogP contribution in [0.25, 0.3) is 0 Å². The van der Waals surface area contributed by atoms with Crippen molar-refractivity contribution < 1.29 is 9.18 Å². The van der Waals surface area contributed by atoms with Crippen LogP contribution in [0.1, 0.15) is 10.4 Å². The van der Waals surface area contributed by atoms with Crippen molar-refractivity contribution in [3.05, 3.63) is 57.0 Å². The zero-order chi connectivity index (χ0) is 13.1. The van der Waals surface area contributed by atoms with E-state index >= 15 is 0 Å². The molecule has 0 fully saturated rings. The summed E-state index contributed by atoms with van der Waals surface area (Å²) in [6, 6.07) is 7.33. The molecule has 0 spiro atoms. The van der Waals surface area contributed by atoms with Gasteiger partial charge in [0.2, 0.25) is 0 Å². The second-order valence-corrected chi connectivity index (χ2v) is 5.11. The molecule has 3 nitrogen and oxygen atoms in total. The fraction of sp³-hybridized carbons (Fsp3) is 0. The van der Waals surface area contributed by atoms with E-state index in [1.54, 1.807) is 12.1 Å². The van der Waals surface area contributed by atoms with E-state index < -0.39 is 5.82 Å². The molecule has 1 aromatic heterocycles. The van der Waals surface area contributed by atoms with Crippen LogP contribution in [0.4, 0.5) is 10.1 Å². The van der Waals surface area contributed by atoms with E-state index in [-0.39, 0.29) is 5.91 Å². The molecular formula is C12H7Br2FN2O. The van der Waals surface area contributed by atoms with Crippen LogP contribution in [-0.2, 0) is 0 Å². The summed E-state index contributed by atoms with van der Waals surface area (Å²) in [5, 5.41) is 2.67. The Bertz CT molecular complexity index is 587.